The summed E-state index contributed by atoms with van der Waals surface area (Å²) in [6, 6.07) is 20.0. The summed E-state index contributed by atoms with van der Waals surface area (Å²) in [6.07, 6.45) is 0. The van der Waals surface area contributed by atoms with Gasteiger partial charge < -0.3 is 10.1 Å². The summed E-state index contributed by atoms with van der Waals surface area (Å²) in [7, 11) is 1.58. The van der Waals surface area contributed by atoms with Crippen LogP contribution in [0.5, 0.6) is 5.75 Å². The van der Waals surface area contributed by atoms with Crippen LogP contribution in [-0.4, -0.2) is 25.5 Å². The van der Waals surface area contributed by atoms with Crippen molar-refractivity contribution in [2.75, 3.05) is 23.9 Å². The van der Waals surface area contributed by atoms with E-state index in [0.29, 0.717) is 29.1 Å². The Kier molecular flexibility index (Phi) is 5.96. The van der Waals surface area contributed by atoms with E-state index in [1.165, 1.54) is 11.8 Å². The molecule has 0 fully saturated rings. The van der Waals surface area contributed by atoms with Crippen molar-refractivity contribution in [3.05, 3.63) is 77.9 Å². The first-order valence-electron chi connectivity index (χ1n) is 9.68. The number of methoxy groups -OCH3 is 1. The molecule has 31 heavy (non-hydrogen) atoms. The minimum absolute atomic E-state index is 0.0837. The fraction of sp³-hybridized carbons (Fsp3) is 0.120. The van der Waals surface area contributed by atoms with Gasteiger partial charge in [0.05, 0.1) is 24.9 Å². The van der Waals surface area contributed by atoms with Gasteiger partial charge in [-0.15, -0.1) is 5.92 Å². The predicted octanol–water partition coefficient (Wildman–Crippen LogP) is 5.08. The number of hydrogen-bond acceptors (Lipinski definition) is 4. The van der Waals surface area contributed by atoms with Crippen molar-refractivity contribution in [3.8, 4) is 17.6 Å². The van der Waals surface area contributed by atoms with Gasteiger partial charge in [0.25, 0.3) is 11.8 Å². The number of nitrogens with zero attached hydrogens (tertiary/aromatic N) is 1. The average molecular weight is 429 g/mol. The van der Waals surface area contributed by atoms with Gasteiger partial charge >= 0.3 is 0 Å². The molecule has 6 heteroatoms. The van der Waals surface area contributed by atoms with E-state index in [-0.39, 0.29) is 11.8 Å². The van der Waals surface area contributed by atoms with Crippen LogP contribution in [-0.2, 0) is 0 Å². The van der Waals surface area contributed by atoms with Gasteiger partial charge in [-0.05, 0) is 61.5 Å². The Balaban J connectivity index is 1.67. The van der Waals surface area contributed by atoms with Crippen molar-refractivity contribution >= 4 is 35.0 Å². The molecule has 0 saturated heterocycles. The second-order valence-corrected chi connectivity index (χ2v) is 7.87. The molecule has 154 valence electrons. The highest BCUT2D eigenvalue weighted by Crippen LogP contribution is 2.42. The molecule has 1 aliphatic rings. The Hall–Kier alpha value is -3.69. The van der Waals surface area contributed by atoms with Crippen LogP contribution in [0.2, 0.25) is 0 Å². The number of fused-ring (bicyclic) bond motifs is 2. The summed E-state index contributed by atoms with van der Waals surface area (Å²) < 4.78 is 5.14. The Bertz CT molecular complexity index is 1210. The molecule has 0 saturated carbocycles. The van der Waals surface area contributed by atoms with Crippen molar-refractivity contribution in [2.45, 2.75) is 16.7 Å². The van der Waals surface area contributed by atoms with Crippen molar-refractivity contribution in [1.82, 2.24) is 0 Å². The smallest absolute Gasteiger partial charge is 0.260 e. The summed E-state index contributed by atoms with van der Waals surface area (Å²) in [4.78, 5) is 29.3. The summed E-state index contributed by atoms with van der Waals surface area (Å²) in [5.74, 6) is 6.24. The number of amides is 2. The minimum Gasteiger partial charge on any atom is -0.497 e. The monoisotopic (exact) mass is 428 g/mol. The summed E-state index contributed by atoms with van der Waals surface area (Å²) in [6.45, 7) is 2.05. The van der Waals surface area contributed by atoms with Gasteiger partial charge in [-0.1, -0.05) is 29.8 Å². The average Bonchev–Trinajstić information content (AvgIpc) is 2.91. The highest BCUT2D eigenvalue weighted by molar-refractivity contribution is 7.99. The Morgan fingerprint density at radius 3 is 2.58 bits per heavy atom. The lowest BCUT2D eigenvalue weighted by atomic mass is 10.1. The minimum atomic E-state index is -0.216. The summed E-state index contributed by atoms with van der Waals surface area (Å²) >= 11 is 1.51. The fourth-order valence-corrected chi connectivity index (χ4v) is 4.38. The number of rotatable bonds is 4. The summed E-state index contributed by atoms with van der Waals surface area (Å²) in [5.41, 5.74) is 2.60. The lowest BCUT2D eigenvalue weighted by Crippen LogP contribution is -2.31. The van der Waals surface area contributed by atoms with Crippen LogP contribution >= 0.6 is 11.8 Å². The maximum Gasteiger partial charge on any atom is 0.260 e. The quantitative estimate of drug-likeness (QED) is 0.589. The molecule has 0 aliphatic carbocycles. The molecule has 0 atom stereocenters. The predicted molar refractivity (Wildman–Crippen MR) is 123 cm³/mol. The number of benzene rings is 3. The standard InChI is InChI=1S/C25H20N2O3S/c1-3-4-15-27-21-14-11-18(26-24(28)17-9-12-19(30-2)13-10-17)16-23(21)31-22-8-6-5-7-20(22)25(27)29/h5-14,16H,15H2,1-2H3,(H,26,28). The maximum atomic E-state index is 13.2. The molecular weight excluding hydrogens is 408 g/mol. The molecule has 0 unspecified atom stereocenters. The van der Waals surface area contributed by atoms with Crippen LogP contribution in [0.25, 0.3) is 0 Å². The molecule has 3 aromatic rings. The van der Waals surface area contributed by atoms with Crippen molar-refractivity contribution in [1.29, 1.82) is 0 Å². The van der Waals surface area contributed by atoms with Crippen LogP contribution in [0.4, 0.5) is 11.4 Å². The van der Waals surface area contributed by atoms with E-state index in [2.05, 4.69) is 17.2 Å². The normalized spacial score (nSPS) is 12.1. The van der Waals surface area contributed by atoms with Crippen LogP contribution in [0.1, 0.15) is 27.6 Å². The largest absolute Gasteiger partial charge is 0.497 e. The Morgan fingerprint density at radius 1 is 1.06 bits per heavy atom. The molecular formula is C25H20N2O3S. The highest BCUT2D eigenvalue weighted by Gasteiger charge is 2.27. The molecule has 2 amide bonds. The molecule has 5 nitrogen and oxygen atoms in total. The molecule has 1 heterocycles. The SMILES string of the molecule is CC#CCN1C(=O)c2ccccc2Sc2cc(NC(=O)c3ccc(OC)cc3)ccc21. The van der Waals surface area contributed by atoms with E-state index in [4.69, 9.17) is 4.74 Å². The number of hydrogen-bond donors (Lipinski definition) is 1. The zero-order chi connectivity index (χ0) is 21.8. The van der Waals surface area contributed by atoms with Gasteiger partial charge in [-0.2, -0.15) is 0 Å². The second kappa shape index (κ2) is 8.99. The van der Waals surface area contributed by atoms with E-state index < -0.39 is 0 Å². The maximum absolute atomic E-state index is 13.2. The van der Waals surface area contributed by atoms with E-state index >= 15 is 0 Å². The number of ether oxygens (including phenoxy) is 1. The van der Waals surface area contributed by atoms with Gasteiger partial charge in [0.15, 0.2) is 0 Å². The lowest BCUT2D eigenvalue weighted by Gasteiger charge is -2.21. The second-order valence-electron chi connectivity index (χ2n) is 6.78. The fourth-order valence-electron chi connectivity index (χ4n) is 3.26. The molecule has 0 radical (unpaired) electrons. The van der Waals surface area contributed by atoms with Crippen molar-refractivity contribution in [2.24, 2.45) is 0 Å². The van der Waals surface area contributed by atoms with Gasteiger partial charge in [-0.25, -0.2) is 0 Å². The van der Waals surface area contributed by atoms with Crippen LogP contribution < -0.4 is 15.0 Å². The number of nitrogens with one attached hydrogen (secondary N) is 1. The zero-order valence-electron chi connectivity index (χ0n) is 17.1. The van der Waals surface area contributed by atoms with E-state index in [1.54, 1.807) is 49.3 Å². The molecule has 0 bridgehead atoms. The third-order valence-corrected chi connectivity index (χ3v) is 5.98. The number of carbonyl (C=O) groups is 2. The van der Waals surface area contributed by atoms with Crippen LogP contribution in [0.3, 0.4) is 0 Å². The van der Waals surface area contributed by atoms with E-state index in [9.17, 15) is 9.59 Å². The first kappa shape index (κ1) is 20.6. The summed E-state index contributed by atoms with van der Waals surface area (Å²) in [5, 5.41) is 2.93. The van der Waals surface area contributed by atoms with Gasteiger partial charge in [0.2, 0.25) is 0 Å². The molecule has 0 spiro atoms. The molecule has 4 rings (SSSR count). The van der Waals surface area contributed by atoms with E-state index in [1.807, 2.05) is 36.4 Å². The van der Waals surface area contributed by atoms with Crippen LogP contribution in [0.15, 0.2) is 76.5 Å². The molecule has 3 aromatic carbocycles. The van der Waals surface area contributed by atoms with Crippen molar-refractivity contribution in [3.63, 3.8) is 0 Å². The van der Waals surface area contributed by atoms with Gasteiger partial charge in [0, 0.05) is 21.0 Å². The molecule has 1 N–H and O–H groups in total. The van der Waals surface area contributed by atoms with Gasteiger partial charge in [0.1, 0.15) is 5.75 Å². The Labute approximate surface area is 185 Å². The first-order chi connectivity index (χ1) is 15.1. The number of carbonyl (C=O) groups excluding carboxylic acids is 2. The Morgan fingerprint density at radius 2 is 1.84 bits per heavy atom. The highest BCUT2D eigenvalue weighted by atomic mass is 32.2. The first-order valence-corrected chi connectivity index (χ1v) is 10.5. The molecule has 0 aromatic heterocycles. The zero-order valence-corrected chi connectivity index (χ0v) is 18.0. The topological polar surface area (TPSA) is 58.6 Å². The number of anilines is 2. The van der Waals surface area contributed by atoms with E-state index in [0.717, 1.165) is 15.5 Å². The van der Waals surface area contributed by atoms with Crippen molar-refractivity contribution < 1.29 is 14.3 Å². The third kappa shape index (κ3) is 4.27. The van der Waals surface area contributed by atoms with Gasteiger partial charge in [-0.3, -0.25) is 14.5 Å². The lowest BCUT2D eigenvalue weighted by molar-refractivity contribution is 0.0985. The third-order valence-electron chi connectivity index (χ3n) is 4.86. The molecule has 1 aliphatic heterocycles. The van der Waals surface area contributed by atoms with Crippen LogP contribution in [0, 0.1) is 11.8 Å².